The minimum Gasteiger partial charge on any atom is -0.306 e. The van der Waals surface area contributed by atoms with Crippen LogP contribution in [0.1, 0.15) is 68.1 Å². The second kappa shape index (κ2) is 8.53. The Kier molecular flexibility index (Phi) is 5.75. The number of pyridine rings is 2. The molecule has 0 unspecified atom stereocenters. The molecule has 0 spiro atoms. The molecule has 4 rings (SSSR count). The van der Waals surface area contributed by atoms with Crippen LogP contribution >= 0.6 is 0 Å². The highest BCUT2D eigenvalue weighted by atomic mass is 16.1. The van der Waals surface area contributed by atoms with Crippen molar-refractivity contribution in [1.29, 1.82) is 0 Å². The molecule has 1 amide bonds. The fourth-order valence-corrected chi connectivity index (χ4v) is 3.27. The third-order valence-corrected chi connectivity index (χ3v) is 5.14. The second-order valence-corrected chi connectivity index (χ2v) is 9.21. The van der Waals surface area contributed by atoms with Gasteiger partial charge >= 0.3 is 0 Å². The average molecular weight is 446 g/mol. The number of nitrogens with zero attached hydrogens (tertiary/aromatic N) is 8. The molecule has 0 bridgehead atoms. The Labute approximate surface area is 192 Å². The summed E-state index contributed by atoms with van der Waals surface area (Å²) in [6, 6.07) is 7.03. The molecule has 4 aromatic heterocycles. The predicted molar refractivity (Wildman–Crippen MR) is 124 cm³/mol. The summed E-state index contributed by atoms with van der Waals surface area (Å²) in [5.41, 5.74) is 2.95. The van der Waals surface area contributed by atoms with Crippen LogP contribution in [0.4, 0.5) is 5.82 Å². The number of carbonyl (C=O) groups excluding carboxylic acids is 1. The van der Waals surface area contributed by atoms with Gasteiger partial charge in [0.2, 0.25) is 0 Å². The summed E-state index contributed by atoms with van der Waals surface area (Å²) in [7, 11) is 0. The summed E-state index contributed by atoms with van der Waals surface area (Å²) in [5.74, 6) is 1.34. The van der Waals surface area contributed by atoms with E-state index in [9.17, 15) is 4.79 Å². The lowest BCUT2D eigenvalue weighted by Crippen LogP contribution is -2.16. The number of hydrogen-bond acceptors (Lipinski definition) is 7. The molecule has 0 aliphatic heterocycles. The molecule has 0 fully saturated rings. The van der Waals surface area contributed by atoms with Crippen molar-refractivity contribution in [1.82, 2.24) is 39.7 Å². The maximum atomic E-state index is 13.0. The van der Waals surface area contributed by atoms with Gasteiger partial charge in [-0.3, -0.25) is 9.78 Å². The van der Waals surface area contributed by atoms with Gasteiger partial charge in [-0.05, 0) is 41.1 Å². The summed E-state index contributed by atoms with van der Waals surface area (Å²) >= 11 is 0. The van der Waals surface area contributed by atoms with Gasteiger partial charge in [0.15, 0.2) is 11.6 Å². The van der Waals surface area contributed by atoms with Crippen LogP contribution in [-0.2, 0) is 5.41 Å². The normalized spacial score (nSPS) is 11.7. The van der Waals surface area contributed by atoms with Crippen LogP contribution < -0.4 is 5.32 Å². The Morgan fingerprint density at radius 3 is 2.64 bits per heavy atom. The first-order chi connectivity index (χ1) is 15.6. The lowest BCUT2D eigenvalue weighted by Gasteiger charge is -2.14. The molecular weight excluding hydrogens is 418 g/mol. The van der Waals surface area contributed by atoms with Crippen molar-refractivity contribution in [3.8, 4) is 11.5 Å². The summed E-state index contributed by atoms with van der Waals surface area (Å²) in [6.45, 7) is 12.3. The van der Waals surface area contributed by atoms with Crippen molar-refractivity contribution in [3.63, 3.8) is 0 Å². The van der Waals surface area contributed by atoms with E-state index in [0.29, 0.717) is 17.5 Å². The summed E-state index contributed by atoms with van der Waals surface area (Å²) in [5, 5.41) is 14.6. The zero-order valence-electron chi connectivity index (χ0n) is 19.6. The summed E-state index contributed by atoms with van der Waals surface area (Å²) in [4.78, 5) is 26.3. The molecule has 0 radical (unpaired) electrons. The fraction of sp³-hybridized carbons (Fsp3) is 0.348. The number of anilines is 1. The highest BCUT2D eigenvalue weighted by molar-refractivity contribution is 6.02. The van der Waals surface area contributed by atoms with E-state index in [1.165, 1.54) is 0 Å². The van der Waals surface area contributed by atoms with E-state index < -0.39 is 0 Å². The number of aryl methyl sites for hydroxylation is 1. The van der Waals surface area contributed by atoms with E-state index in [4.69, 9.17) is 0 Å². The number of amides is 1. The lowest BCUT2D eigenvalue weighted by atomic mass is 9.93. The first kappa shape index (κ1) is 22.3. The second-order valence-electron chi connectivity index (χ2n) is 9.21. The maximum Gasteiger partial charge on any atom is 0.275 e. The Morgan fingerprint density at radius 2 is 1.94 bits per heavy atom. The van der Waals surface area contributed by atoms with E-state index in [1.807, 2.05) is 31.5 Å². The monoisotopic (exact) mass is 445 g/mol. The molecule has 4 heterocycles. The molecule has 10 nitrogen and oxygen atoms in total. The minimum atomic E-state index is -0.363. The van der Waals surface area contributed by atoms with Crippen molar-refractivity contribution in [2.45, 2.75) is 52.9 Å². The van der Waals surface area contributed by atoms with Crippen LogP contribution in [0, 0.1) is 6.92 Å². The van der Waals surface area contributed by atoms with Crippen molar-refractivity contribution in [3.05, 3.63) is 65.8 Å². The van der Waals surface area contributed by atoms with E-state index in [-0.39, 0.29) is 22.9 Å². The zero-order chi connectivity index (χ0) is 23.8. The van der Waals surface area contributed by atoms with Gasteiger partial charge < -0.3 is 9.88 Å². The molecule has 0 saturated heterocycles. The lowest BCUT2D eigenvalue weighted by molar-refractivity contribution is 0.102. The molecule has 33 heavy (non-hydrogen) atoms. The van der Waals surface area contributed by atoms with E-state index in [1.54, 1.807) is 41.5 Å². The van der Waals surface area contributed by atoms with Gasteiger partial charge in [-0.2, -0.15) is 4.68 Å². The molecule has 0 aromatic carbocycles. The van der Waals surface area contributed by atoms with Crippen LogP contribution in [0.25, 0.3) is 11.5 Å². The molecule has 0 saturated carbocycles. The highest BCUT2D eigenvalue weighted by Crippen LogP contribution is 2.23. The molecule has 1 N–H and O–H groups in total. The van der Waals surface area contributed by atoms with Crippen LogP contribution in [0.3, 0.4) is 0 Å². The Hall–Kier alpha value is -3.95. The van der Waals surface area contributed by atoms with E-state index in [2.05, 4.69) is 56.6 Å². The zero-order valence-corrected chi connectivity index (χ0v) is 19.6. The number of carbonyl (C=O) groups is 1. The van der Waals surface area contributed by atoms with Crippen molar-refractivity contribution >= 4 is 11.7 Å². The molecule has 0 aliphatic carbocycles. The number of aromatic nitrogens is 8. The van der Waals surface area contributed by atoms with E-state index in [0.717, 1.165) is 16.9 Å². The van der Waals surface area contributed by atoms with Crippen LogP contribution in [-0.4, -0.2) is 45.6 Å². The Morgan fingerprint density at radius 1 is 1.15 bits per heavy atom. The van der Waals surface area contributed by atoms with Gasteiger partial charge in [0.1, 0.15) is 11.5 Å². The predicted octanol–water partition coefficient (Wildman–Crippen LogP) is 3.62. The van der Waals surface area contributed by atoms with Crippen molar-refractivity contribution in [2.24, 2.45) is 0 Å². The quantitative estimate of drug-likeness (QED) is 0.499. The third kappa shape index (κ3) is 4.64. The number of hydrogen-bond donors (Lipinski definition) is 1. The van der Waals surface area contributed by atoms with Gasteiger partial charge in [-0.15, -0.1) is 5.10 Å². The average Bonchev–Trinajstić information content (AvgIpc) is 3.44. The topological polar surface area (TPSA) is 116 Å². The third-order valence-electron chi connectivity index (χ3n) is 5.14. The molecule has 170 valence electrons. The molecule has 0 aliphatic rings. The van der Waals surface area contributed by atoms with Gasteiger partial charge in [0.25, 0.3) is 5.91 Å². The van der Waals surface area contributed by atoms with Gasteiger partial charge in [0.05, 0.1) is 17.7 Å². The Balaban J connectivity index is 1.59. The molecule has 0 atom stereocenters. The fourth-order valence-electron chi connectivity index (χ4n) is 3.27. The SMILES string of the molecule is Cc1cnc(C(=O)Nc2cccc(-n3nnnc3C(C)C)n2)cc1-n1cnc(C(C)(C)C)c1. The molecule has 10 heteroatoms. The first-order valence-electron chi connectivity index (χ1n) is 10.7. The van der Waals surface area contributed by atoms with Crippen LogP contribution in [0.2, 0.25) is 0 Å². The van der Waals surface area contributed by atoms with E-state index >= 15 is 0 Å². The van der Waals surface area contributed by atoms with Crippen molar-refractivity contribution in [2.75, 3.05) is 5.32 Å². The maximum absolute atomic E-state index is 13.0. The van der Waals surface area contributed by atoms with Gasteiger partial charge in [-0.1, -0.05) is 40.7 Å². The minimum absolute atomic E-state index is 0.0713. The van der Waals surface area contributed by atoms with Gasteiger partial charge in [0, 0.05) is 23.7 Å². The largest absolute Gasteiger partial charge is 0.306 e. The number of imidazole rings is 1. The number of nitrogens with one attached hydrogen (secondary N) is 1. The Bertz CT molecular complexity index is 1300. The summed E-state index contributed by atoms with van der Waals surface area (Å²) in [6.07, 6.45) is 5.42. The molecular formula is C23H27N9O. The highest BCUT2D eigenvalue weighted by Gasteiger charge is 2.19. The molecule has 4 aromatic rings. The van der Waals surface area contributed by atoms with Gasteiger partial charge in [-0.25, -0.2) is 9.97 Å². The van der Waals surface area contributed by atoms with Crippen LogP contribution in [0.5, 0.6) is 0 Å². The number of rotatable bonds is 5. The van der Waals surface area contributed by atoms with Crippen LogP contribution in [0.15, 0.2) is 43.0 Å². The summed E-state index contributed by atoms with van der Waals surface area (Å²) < 4.78 is 3.48. The number of tetrazole rings is 1. The van der Waals surface area contributed by atoms with Crippen molar-refractivity contribution < 1.29 is 4.79 Å². The first-order valence-corrected chi connectivity index (χ1v) is 10.7. The standard InChI is InChI=1S/C23H27N9O/c1-14(2)21-28-29-30-32(21)20-9-7-8-19(26-20)27-22(33)16-10-17(15(3)11-24-16)31-12-18(25-13-31)23(4,5)6/h7-14H,1-6H3,(H,26,27,33). The smallest absolute Gasteiger partial charge is 0.275 e.